The third-order valence-corrected chi connectivity index (χ3v) is 3.22. The summed E-state index contributed by atoms with van der Waals surface area (Å²) >= 11 is 0. The van der Waals surface area contributed by atoms with Gasteiger partial charge in [-0.3, -0.25) is 4.98 Å². The summed E-state index contributed by atoms with van der Waals surface area (Å²) in [5, 5.41) is 0. The molecule has 0 aliphatic heterocycles. The molecule has 1 unspecified atom stereocenters. The summed E-state index contributed by atoms with van der Waals surface area (Å²) in [5.74, 6) is -0.0682. The number of carbonyl (C=O) groups excluding carboxylic acids is 1. The van der Waals surface area contributed by atoms with Crippen LogP contribution in [-0.2, 0) is 32.7 Å². The maximum atomic E-state index is 12.1. The number of anilines is 1. The number of ketones is 1. The van der Waals surface area contributed by atoms with Gasteiger partial charge in [-0.15, -0.1) is 0 Å². The molecule has 1 aromatic rings. The normalized spacial score (nSPS) is 16.2. The van der Waals surface area contributed by atoms with Crippen molar-refractivity contribution in [1.82, 2.24) is 4.98 Å². The zero-order valence-electron chi connectivity index (χ0n) is 12.4. The van der Waals surface area contributed by atoms with E-state index in [9.17, 15) is 4.79 Å². The van der Waals surface area contributed by atoms with Crippen LogP contribution in [0.15, 0.2) is 54.3 Å². The molecule has 2 N–H and O–H groups in total. The van der Waals surface area contributed by atoms with Crippen LogP contribution in [0.1, 0.15) is 23.0 Å². The Kier molecular flexibility index (Phi) is 6.85. The number of pyridine rings is 1. The monoisotopic (exact) mass is 365 g/mol. The molecule has 1 aromatic heterocycles. The van der Waals surface area contributed by atoms with Crippen LogP contribution in [-0.4, -0.2) is 10.8 Å². The predicted octanol–water partition coefficient (Wildman–Crippen LogP) is 3.34. The van der Waals surface area contributed by atoms with Crippen molar-refractivity contribution in [3.8, 4) is 0 Å². The van der Waals surface area contributed by atoms with E-state index in [2.05, 4.69) is 18.0 Å². The predicted molar refractivity (Wildman–Crippen MR) is 85.1 cm³/mol. The standard InChI is InChI=1S/C18H16N2O.Y/c1-4-13(3)18(21)15-10-11-20-17(16(15)19)14-7-5-6-12(2)8-9-14;/h1,3-12H,19H2,2H3;/q-2;. The molecule has 22 heavy (non-hydrogen) atoms. The Hall–Kier alpha value is -1.58. The van der Waals surface area contributed by atoms with Crippen LogP contribution in [0.25, 0.3) is 5.57 Å². The number of carbonyl (C=O) groups is 1. The first-order valence-corrected chi connectivity index (χ1v) is 6.58. The second-order valence-corrected chi connectivity index (χ2v) is 4.80. The molecular formula is C18H16N2OY-2. The van der Waals surface area contributed by atoms with Crippen molar-refractivity contribution < 1.29 is 37.5 Å². The van der Waals surface area contributed by atoms with Gasteiger partial charge >= 0.3 is 0 Å². The maximum absolute atomic E-state index is 12.1. The summed E-state index contributed by atoms with van der Waals surface area (Å²) in [6.45, 7) is 12.9. The summed E-state index contributed by atoms with van der Waals surface area (Å²) in [7, 11) is 0. The van der Waals surface area contributed by atoms with Gasteiger partial charge in [0.05, 0.1) is 11.4 Å². The molecule has 1 atom stereocenters. The minimum atomic E-state index is -0.402. The number of hydrogen-bond donors (Lipinski definition) is 1. The fourth-order valence-corrected chi connectivity index (χ4v) is 2.00. The van der Waals surface area contributed by atoms with Crippen molar-refractivity contribution in [1.29, 1.82) is 0 Å². The fraction of sp³-hybridized carbons (Fsp3) is 0.111. The Morgan fingerprint density at radius 2 is 2.14 bits per heavy atom. The van der Waals surface area contributed by atoms with E-state index in [1.54, 1.807) is 0 Å². The van der Waals surface area contributed by atoms with Gasteiger partial charge in [0.2, 0.25) is 0 Å². The smallest absolute Gasteiger partial charge is 0.0926 e. The third-order valence-electron chi connectivity index (χ3n) is 3.22. The van der Waals surface area contributed by atoms with E-state index in [0.29, 0.717) is 22.9 Å². The van der Waals surface area contributed by atoms with Crippen LogP contribution in [0.2, 0.25) is 0 Å². The van der Waals surface area contributed by atoms with Crippen molar-refractivity contribution in [2.75, 3.05) is 5.73 Å². The van der Waals surface area contributed by atoms with E-state index in [1.807, 2.05) is 24.3 Å². The molecular weight excluding hydrogens is 349 g/mol. The number of nitrogens with zero attached hydrogens (tertiary/aromatic N) is 1. The first kappa shape index (κ1) is 18.5. The van der Waals surface area contributed by atoms with Crippen LogP contribution in [0.5, 0.6) is 0 Å². The largest absolute Gasteiger partial charge is 0.397 e. The molecule has 3 nitrogen and oxygen atoms in total. The van der Waals surface area contributed by atoms with Crippen LogP contribution in [0, 0.1) is 19.1 Å². The van der Waals surface area contributed by atoms with Gasteiger partial charge in [-0.2, -0.15) is 0 Å². The fourth-order valence-electron chi connectivity index (χ4n) is 2.00. The number of Topliss-reactive ketones (excluding diaryl/α,β-unsaturated/α-hetero) is 1. The van der Waals surface area contributed by atoms with Gasteiger partial charge in [-0.25, -0.2) is 0 Å². The average molecular weight is 365 g/mol. The summed E-state index contributed by atoms with van der Waals surface area (Å²) in [4.78, 5) is 16.4. The molecule has 1 radical (unpaired) electrons. The number of rotatable bonds is 4. The first-order chi connectivity index (χ1) is 10.0. The van der Waals surface area contributed by atoms with Gasteiger partial charge in [-0.05, 0) is 17.5 Å². The summed E-state index contributed by atoms with van der Waals surface area (Å²) in [6, 6.07) is 1.54. The van der Waals surface area contributed by atoms with E-state index < -0.39 is 5.78 Å². The third kappa shape index (κ3) is 3.99. The second kappa shape index (κ2) is 8.16. The van der Waals surface area contributed by atoms with Crippen molar-refractivity contribution in [2.45, 2.75) is 6.92 Å². The van der Waals surface area contributed by atoms with E-state index in [1.165, 1.54) is 12.3 Å². The van der Waals surface area contributed by atoms with E-state index >= 15 is 0 Å². The molecule has 0 amide bonds. The van der Waals surface area contributed by atoms with E-state index in [4.69, 9.17) is 18.9 Å². The van der Waals surface area contributed by atoms with Crippen LogP contribution >= 0.6 is 0 Å². The molecule has 0 spiro atoms. The molecule has 0 saturated heterocycles. The van der Waals surface area contributed by atoms with E-state index in [-0.39, 0.29) is 38.3 Å². The Morgan fingerprint density at radius 3 is 2.82 bits per heavy atom. The topological polar surface area (TPSA) is 56.0 Å². The summed E-state index contributed by atoms with van der Waals surface area (Å²) in [6.07, 6.45) is 12.5. The second-order valence-electron chi connectivity index (χ2n) is 4.80. The first-order valence-electron chi connectivity index (χ1n) is 6.58. The molecule has 1 heterocycles. The van der Waals surface area contributed by atoms with Gasteiger partial charge in [-0.1, -0.05) is 37.3 Å². The minimum Gasteiger partial charge on any atom is -0.397 e. The minimum absolute atomic E-state index is 0. The summed E-state index contributed by atoms with van der Waals surface area (Å²) < 4.78 is 0. The van der Waals surface area contributed by atoms with Crippen molar-refractivity contribution in [3.05, 3.63) is 78.7 Å². The van der Waals surface area contributed by atoms with E-state index in [0.717, 1.165) is 11.6 Å². The Bertz CT molecular complexity index is 699. The molecule has 2 rings (SSSR count). The molecule has 1 aliphatic rings. The number of aromatic nitrogens is 1. The zero-order valence-corrected chi connectivity index (χ0v) is 15.2. The zero-order chi connectivity index (χ0) is 15.4. The van der Waals surface area contributed by atoms with Crippen molar-refractivity contribution >= 4 is 17.0 Å². The average Bonchev–Trinajstić information content (AvgIpc) is 2.70. The molecule has 1 aliphatic carbocycles. The number of nitrogen functional groups attached to an aromatic ring is 1. The maximum Gasteiger partial charge on any atom is 0.0926 e. The number of hydrogen-bond acceptors (Lipinski definition) is 3. The van der Waals surface area contributed by atoms with Gasteiger partial charge in [0.1, 0.15) is 0 Å². The molecule has 4 heteroatoms. The molecule has 0 fully saturated rings. The van der Waals surface area contributed by atoms with Gasteiger partial charge in [0.25, 0.3) is 0 Å². The Labute approximate surface area is 156 Å². The van der Waals surface area contributed by atoms with Crippen molar-refractivity contribution in [2.24, 2.45) is 5.92 Å². The van der Waals surface area contributed by atoms with Crippen LogP contribution < -0.4 is 5.73 Å². The van der Waals surface area contributed by atoms with Crippen LogP contribution in [0.3, 0.4) is 0 Å². The SMILES string of the molecule is [CH-]=CC(=[CH-])C(=O)c1ccnc(C2=CC=CC(C)C=C2)c1N.[Y]. The molecule has 0 bridgehead atoms. The Balaban J connectivity index is 0.00000242. The van der Waals surface area contributed by atoms with Gasteiger partial charge in [0.15, 0.2) is 0 Å². The number of nitrogens with two attached hydrogens (primary N) is 1. The van der Waals surface area contributed by atoms with Gasteiger partial charge in [0, 0.05) is 50.3 Å². The molecule has 0 saturated carbocycles. The van der Waals surface area contributed by atoms with Gasteiger partial charge < -0.3 is 35.3 Å². The van der Waals surface area contributed by atoms with Crippen LogP contribution in [0.4, 0.5) is 5.69 Å². The molecule has 109 valence electrons. The quantitative estimate of drug-likeness (QED) is 0.385. The Morgan fingerprint density at radius 1 is 1.41 bits per heavy atom. The summed E-state index contributed by atoms with van der Waals surface area (Å²) in [5.41, 5.74) is 8.04. The molecule has 0 aromatic carbocycles. The van der Waals surface area contributed by atoms with Crippen molar-refractivity contribution in [3.63, 3.8) is 0 Å². The number of allylic oxidation sites excluding steroid dienone is 8.